The highest BCUT2D eigenvalue weighted by Crippen LogP contribution is 2.15. The van der Waals surface area contributed by atoms with Crippen LogP contribution >= 0.6 is 0 Å². The summed E-state index contributed by atoms with van der Waals surface area (Å²) in [5.74, 6) is 0. The summed E-state index contributed by atoms with van der Waals surface area (Å²) in [5, 5.41) is 8.27. The quantitative estimate of drug-likeness (QED) is 0.739. The summed E-state index contributed by atoms with van der Waals surface area (Å²) in [4.78, 5) is 0. The van der Waals surface area contributed by atoms with Gasteiger partial charge in [-0.05, 0) is 18.3 Å². The first-order valence-corrected chi connectivity index (χ1v) is 5.40. The summed E-state index contributed by atoms with van der Waals surface area (Å²) >= 11 is 0. The highest BCUT2D eigenvalue weighted by molar-refractivity contribution is 4.92. The zero-order valence-corrected chi connectivity index (χ0v) is 9.75. The second-order valence-corrected chi connectivity index (χ2v) is 5.07. The normalized spacial score (nSPS) is 12.0. The first kappa shape index (κ1) is 11.2. The van der Waals surface area contributed by atoms with Crippen molar-refractivity contribution >= 4 is 0 Å². The van der Waals surface area contributed by atoms with E-state index in [0.717, 1.165) is 18.7 Å². The van der Waals surface area contributed by atoms with Crippen LogP contribution in [0.5, 0.6) is 0 Å². The van der Waals surface area contributed by atoms with E-state index in [1.165, 1.54) is 12.8 Å². The smallest absolute Gasteiger partial charge is 0.0827 e. The standard InChI is InChI=1S/C11H21N3/c1-5-6-7-10-8-14(13-12-10)9-11(2,3)4/h8H,5-7,9H2,1-4H3. The molecule has 3 heteroatoms. The third kappa shape index (κ3) is 3.90. The molecular weight excluding hydrogens is 174 g/mol. The molecule has 1 aromatic rings. The molecule has 14 heavy (non-hydrogen) atoms. The first-order valence-electron chi connectivity index (χ1n) is 5.40. The fourth-order valence-corrected chi connectivity index (χ4v) is 1.37. The maximum Gasteiger partial charge on any atom is 0.0827 e. The highest BCUT2D eigenvalue weighted by atomic mass is 15.4. The Bertz CT molecular complexity index is 270. The summed E-state index contributed by atoms with van der Waals surface area (Å²) in [6, 6.07) is 0. The molecule has 0 spiro atoms. The molecule has 1 aromatic heterocycles. The second-order valence-electron chi connectivity index (χ2n) is 5.07. The van der Waals surface area contributed by atoms with Gasteiger partial charge >= 0.3 is 0 Å². The van der Waals surface area contributed by atoms with E-state index in [1.807, 2.05) is 4.68 Å². The molecule has 0 bridgehead atoms. The minimum atomic E-state index is 0.274. The van der Waals surface area contributed by atoms with E-state index in [9.17, 15) is 0 Å². The van der Waals surface area contributed by atoms with Gasteiger partial charge in [-0.25, -0.2) is 0 Å². The van der Waals surface area contributed by atoms with Crippen molar-refractivity contribution in [2.75, 3.05) is 0 Å². The summed E-state index contributed by atoms with van der Waals surface area (Å²) in [6.07, 6.45) is 5.54. The van der Waals surface area contributed by atoms with Gasteiger partial charge in [-0.15, -0.1) is 5.10 Å². The molecule has 0 saturated carbocycles. The Kier molecular flexibility index (Phi) is 3.67. The molecule has 0 saturated heterocycles. The van der Waals surface area contributed by atoms with Gasteiger partial charge in [0.2, 0.25) is 0 Å². The van der Waals surface area contributed by atoms with Crippen LogP contribution in [0, 0.1) is 5.41 Å². The lowest BCUT2D eigenvalue weighted by atomic mass is 9.97. The highest BCUT2D eigenvalue weighted by Gasteiger charge is 2.12. The number of aryl methyl sites for hydroxylation is 1. The lowest BCUT2D eigenvalue weighted by molar-refractivity contribution is 0.321. The molecule has 0 aliphatic heterocycles. The number of hydrogen-bond donors (Lipinski definition) is 0. The van der Waals surface area contributed by atoms with Crippen molar-refractivity contribution in [3.05, 3.63) is 11.9 Å². The fourth-order valence-electron chi connectivity index (χ4n) is 1.37. The molecule has 0 aromatic carbocycles. The summed E-state index contributed by atoms with van der Waals surface area (Å²) in [6.45, 7) is 9.76. The molecule has 0 aliphatic rings. The number of hydrogen-bond acceptors (Lipinski definition) is 2. The zero-order valence-electron chi connectivity index (χ0n) is 9.75. The van der Waals surface area contributed by atoms with Gasteiger partial charge in [0.05, 0.1) is 5.69 Å². The van der Waals surface area contributed by atoms with Crippen LogP contribution in [-0.2, 0) is 13.0 Å². The van der Waals surface area contributed by atoms with Crippen molar-refractivity contribution in [3.63, 3.8) is 0 Å². The van der Waals surface area contributed by atoms with E-state index in [0.29, 0.717) is 0 Å². The van der Waals surface area contributed by atoms with Crippen molar-refractivity contribution in [1.29, 1.82) is 0 Å². The predicted octanol–water partition coefficient (Wildman–Crippen LogP) is 2.67. The molecule has 0 aliphatic carbocycles. The number of rotatable bonds is 4. The van der Waals surface area contributed by atoms with Crippen molar-refractivity contribution in [1.82, 2.24) is 15.0 Å². The van der Waals surface area contributed by atoms with Crippen LogP contribution in [0.15, 0.2) is 6.20 Å². The molecule has 0 unspecified atom stereocenters. The number of nitrogens with zero attached hydrogens (tertiary/aromatic N) is 3. The van der Waals surface area contributed by atoms with Gasteiger partial charge in [0.15, 0.2) is 0 Å². The van der Waals surface area contributed by atoms with E-state index in [2.05, 4.69) is 44.2 Å². The van der Waals surface area contributed by atoms with E-state index in [-0.39, 0.29) is 5.41 Å². The first-order chi connectivity index (χ1) is 6.51. The lowest BCUT2D eigenvalue weighted by Crippen LogP contribution is -2.15. The average molecular weight is 195 g/mol. The molecule has 1 rings (SSSR count). The molecule has 3 nitrogen and oxygen atoms in total. The Labute approximate surface area is 86.5 Å². The summed E-state index contributed by atoms with van der Waals surface area (Å²) < 4.78 is 1.95. The van der Waals surface area contributed by atoms with Crippen LogP contribution in [0.1, 0.15) is 46.2 Å². The summed E-state index contributed by atoms with van der Waals surface area (Å²) in [5.41, 5.74) is 1.39. The monoisotopic (exact) mass is 195 g/mol. The van der Waals surface area contributed by atoms with Crippen LogP contribution < -0.4 is 0 Å². The van der Waals surface area contributed by atoms with Crippen LogP contribution in [0.3, 0.4) is 0 Å². The van der Waals surface area contributed by atoms with E-state index >= 15 is 0 Å². The average Bonchev–Trinajstić information content (AvgIpc) is 2.46. The Hall–Kier alpha value is -0.860. The van der Waals surface area contributed by atoms with Crippen molar-refractivity contribution < 1.29 is 0 Å². The lowest BCUT2D eigenvalue weighted by Gasteiger charge is -2.16. The van der Waals surface area contributed by atoms with Gasteiger partial charge < -0.3 is 0 Å². The van der Waals surface area contributed by atoms with Crippen LogP contribution in [0.4, 0.5) is 0 Å². The number of unbranched alkanes of at least 4 members (excludes halogenated alkanes) is 1. The van der Waals surface area contributed by atoms with Gasteiger partial charge in [-0.1, -0.05) is 39.3 Å². The molecule has 0 amide bonds. The largest absolute Gasteiger partial charge is 0.252 e. The van der Waals surface area contributed by atoms with E-state index in [4.69, 9.17) is 0 Å². The minimum Gasteiger partial charge on any atom is -0.252 e. The maximum atomic E-state index is 4.15. The molecule has 80 valence electrons. The topological polar surface area (TPSA) is 30.7 Å². The Morgan fingerprint density at radius 1 is 1.36 bits per heavy atom. The molecule has 1 heterocycles. The molecule has 0 fully saturated rings. The van der Waals surface area contributed by atoms with Crippen molar-refractivity contribution in [2.24, 2.45) is 5.41 Å². The zero-order chi connectivity index (χ0) is 10.6. The Balaban J connectivity index is 2.51. The van der Waals surface area contributed by atoms with E-state index in [1.54, 1.807) is 0 Å². The van der Waals surface area contributed by atoms with Crippen molar-refractivity contribution in [3.8, 4) is 0 Å². The Morgan fingerprint density at radius 2 is 2.07 bits per heavy atom. The van der Waals surface area contributed by atoms with Gasteiger partial charge in [-0.3, -0.25) is 4.68 Å². The molecule has 0 radical (unpaired) electrons. The van der Waals surface area contributed by atoms with E-state index < -0.39 is 0 Å². The fraction of sp³-hybridized carbons (Fsp3) is 0.818. The van der Waals surface area contributed by atoms with Gasteiger partial charge in [0, 0.05) is 12.7 Å². The summed E-state index contributed by atoms with van der Waals surface area (Å²) in [7, 11) is 0. The Morgan fingerprint density at radius 3 is 2.64 bits per heavy atom. The second kappa shape index (κ2) is 4.58. The molecular formula is C11H21N3. The van der Waals surface area contributed by atoms with Crippen molar-refractivity contribution in [2.45, 2.75) is 53.5 Å². The minimum absolute atomic E-state index is 0.274. The van der Waals surface area contributed by atoms with Gasteiger partial charge in [-0.2, -0.15) is 0 Å². The predicted molar refractivity (Wildman–Crippen MR) is 58.1 cm³/mol. The van der Waals surface area contributed by atoms with Crippen LogP contribution in [0.2, 0.25) is 0 Å². The third-order valence-electron chi connectivity index (χ3n) is 2.01. The van der Waals surface area contributed by atoms with Gasteiger partial charge in [0.1, 0.15) is 0 Å². The number of aromatic nitrogens is 3. The maximum absolute atomic E-state index is 4.15. The molecule has 0 N–H and O–H groups in total. The molecule has 0 atom stereocenters. The van der Waals surface area contributed by atoms with Crippen LogP contribution in [0.25, 0.3) is 0 Å². The van der Waals surface area contributed by atoms with Gasteiger partial charge in [0.25, 0.3) is 0 Å². The third-order valence-corrected chi connectivity index (χ3v) is 2.01. The SMILES string of the molecule is CCCCc1cn(CC(C)(C)C)nn1. The van der Waals surface area contributed by atoms with Crippen LogP contribution in [-0.4, -0.2) is 15.0 Å².